The number of nitrogens with one attached hydrogen (secondary N) is 1. The van der Waals surface area contributed by atoms with Crippen LogP contribution in [0.3, 0.4) is 0 Å². The number of nitrogens with zero attached hydrogens (tertiary/aromatic N) is 3. The molecule has 1 spiro atoms. The molecule has 6 rings (SSSR count). The number of urea groups is 1. The van der Waals surface area contributed by atoms with Crippen molar-refractivity contribution in [3.63, 3.8) is 0 Å². The summed E-state index contributed by atoms with van der Waals surface area (Å²) in [6.07, 6.45) is 6.32. The van der Waals surface area contributed by atoms with Crippen LogP contribution in [0.2, 0.25) is 0 Å². The van der Waals surface area contributed by atoms with Crippen LogP contribution in [0.5, 0.6) is 0 Å². The summed E-state index contributed by atoms with van der Waals surface area (Å²) in [6, 6.07) is 10.9. The molecule has 2 bridgehead atoms. The molecule has 3 atom stereocenters. The number of benzene rings is 1. The van der Waals surface area contributed by atoms with Crippen molar-refractivity contribution in [1.82, 2.24) is 20.0 Å². The molecule has 4 heterocycles. The molecular formula is C32H46F2N4O3. The van der Waals surface area contributed by atoms with E-state index in [2.05, 4.69) is 33.9 Å². The quantitative estimate of drug-likeness (QED) is 0.441. The highest BCUT2D eigenvalue weighted by molar-refractivity contribution is 5.80. The van der Waals surface area contributed by atoms with Gasteiger partial charge in [0.05, 0.1) is 11.6 Å². The molecule has 7 nitrogen and oxygen atoms in total. The van der Waals surface area contributed by atoms with Gasteiger partial charge in [0.1, 0.15) is 0 Å². The fourth-order valence-electron chi connectivity index (χ4n) is 8.53. The number of amides is 3. The van der Waals surface area contributed by atoms with Gasteiger partial charge >= 0.3 is 6.03 Å². The van der Waals surface area contributed by atoms with Crippen LogP contribution in [-0.4, -0.2) is 89.1 Å². The zero-order valence-corrected chi connectivity index (χ0v) is 24.6. The van der Waals surface area contributed by atoms with E-state index >= 15 is 0 Å². The van der Waals surface area contributed by atoms with E-state index in [1.807, 2.05) is 30.3 Å². The van der Waals surface area contributed by atoms with Crippen LogP contribution in [0.1, 0.15) is 83.2 Å². The predicted molar refractivity (Wildman–Crippen MR) is 153 cm³/mol. The lowest BCUT2D eigenvalue weighted by Crippen LogP contribution is -2.60. The second-order valence-electron chi connectivity index (χ2n) is 13.7. The molecule has 1 aromatic carbocycles. The van der Waals surface area contributed by atoms with E-state index in [1.54, 1.807) is 0 Å². The van der Waals surface area contributed by atoms with E-state index in [1.165, 1.54) is 0 Å². The number of hydrogen-bond acceptors (Lipinski definition) is 4. The van der Waals surface area contributed by atoms with Gasteiger partial charge in [0.25, 0.3) is 0 Å². The van der Waals surface area contributed by atoms with Crippen molar-refractivity contribution in [2.75, 3.05) is 32.8 Å². The van der Waals surface area contributed by atoms with Gasteiger partial charge in [-0.2, -0.15) is 0 Å². The first kappa shape index (κ1) is 28.8. The second-order valence-corrected chi connectivity index (χ2v) is 13.7. The van der Waals surface area contributed by atoms with Crippen molar-refractivity contribution in [3.05, 3.63) is 35.9 Å². The lowest BCUT2D eigenvalue weighted by atomic mass is 9.80. The number of rotatable bonds is 9. The maximum absolute atomic E-state index is 13.7. The Bertz CT molecular complexity index is 1070. The van der Waals surface area contributed by atoms with Crippen molar-refractivity contribution in [1.29, 1.82) is 0 Å². The Labute approximate surface area is 242 Å². The van der Waals surface area contributed by atoms with Gasteiger partial charge in [-0.1, -0.05) is 30.3 Å². The fraction of sp³-hybridized carbons (Fsp3) is 0.750. The second kappa shape index (κ2) is 11.4. The van der Waals surface area contributed by atoms with Crippen molar-refractivity contribution in [3.8, 4) is 0 Å². The molecular weight excluding hydrogens is 526 g/mol. The topological polar surface area (TPSA) is 65.1 Å². The number of hydrogen-bond donors (Lipinski definition) is 1. The summed E-state index contributed by atoms with van der Waals surface area (Å²) in [4.78, 5) is 33.5. The highest BCUT2D eigenvalue weighted by atomic mass is 19.3. The van der Waals surface area contributed by atoms with Gasteiger partial charge in [-0.15, -0.1) is 0 Å². The van der Waals surface area contributed by atoms with Crippen LogP contribution < -0.4 is 5.32 Å². The molecule has 4 saturated heterocycles. The Morgan fingerprint density at radius 3 is 2.29 bits per heavy atom. The number of halogens is 2. The Morgan fingerprint density at radius 2 is 1.68 bits per heavy atom. The molecule has 2 unspecified atom stereocenters. The standard InChI is InChI=1S/C32H46F2N4O3/c1-22(2)38-30(40)36(20-23-11-14-41-15-12-23)21-31(38)18-26-8-9-27(19-31)37(26)13-10-28(24-6-4-3-5-7-24)35-29(39)25-16-32(33,34)17-25/h3-7,22-23,25-28H,8-21H2,1-2H3,(H,35,39)/t26?,27?,28-,31?/m0/s1. The Hall–Kier alpha value is -2.26. The molecule has 0 aromatic heterocycles. The first-order valence-electron chi connectivity index (χ1n) is 15.8. The molecule has 5 aliphatic rings. The SMILES string of the molecule is CC(C)N1C(=O)N(CC2CCOCC2)CC12CC1CCC(C2)N1CC[C@H](NC(=O)C1CC(F)(F)C1)c1ccccc1. The minimum Gasteiger partial charge on any atom is -0.381 e. The van der Waals surface area contributed by atoms with Crippen molar-refractivity contribution < 1.29 is 23.1 Å². The van der Waals surface area contributed by atoms with Gasteiger partial charge in [0, 0.05) is 69.7 Å². The summed E-state index contributed by atoms with van der Waals surface area (Å²) < 4.78 is 32.4. The number of fused-ring (bicyclic) bond motifs is 2. The summed E-state index contributed by atoms with van der Waals surface area (Å²) in [5.74, 6) is -3.05. The van der Waals surface area contributed by atoms with Gasteiger partial charge in [0.15, 0.2) is 0 Å². The molecule has 9 heteroatoms. The van der Waals surface area contributed by atoms with Crippen LogP contribution >= 0.6 is 0 Å². The van der Waals surface area contributed by atoms with E-state index in [0.29, 0.717) is 18.0 Å². The summed E-state index contributed by atoms with van der Waals surface area (Å²) >= 11 is 0. The maximum Gasteiger partial charge on any atom is 0.320 e. The number of ether oxygens (including phenoxy) is 1. The minimum atomic E-state index is -2.71. The zero-order valence-electron chi connectivity index (χ0n) is 24.6. The highest BCUT2D eigenvalue weighted by Crippen LogP contribution is 2.48. The van der Waals surface area contributed by atoms with Gasteiger partial charge in [-0.25, -0.2) is 13.6 Å². The first-order valence-corrected chi connectivity index (χ1v) is 15.8. The van der Waals surface area contributed by atoms with Gasteiger partial charge in [0.2, 0.25) is 11.8 Å². The summed E-state index contributed by atoms with van der Waals surface area (Å²) in [6.45, 7) is 8.38. The average molecular weight is 573 g/mol. The van der Waals surface area contributed by atoms with E-state index in [4.69, 9.17) is 4.74 Å². The summed E-state index contributed by atoms with van der Waals surface area (Å²) in [5.41, 5.74) is 0.894. The number of alkyl halides is 2. The lowest BCUT2D eigenvalue weighted by Gasteiger charge is -2.49. The van der Waals surface area contributed by atoms with Crippen molar-refractivity contribution >= 4 is 11.9 Å². The first-order chi connectivity index (χ1) is 19.6. The Morgan fingerprint density at radius 1 is 1.02 bits per heavy atom. The Balaban J connectivity index is 1.12. The van der Waals surface area contributed by atoms with E-state index < -0.39 is 11.8 Å². The maximum atomic E-state index is 13.7. The van der Waals surface area contributed by atoms with E-state index in [9.17, 15) is 18.4 Å². The highest BCUT2D eigenvalue weighted by Gasteiger charge is 2.58. The van der Waals surface area contributed by atoms with E-state index in [-0.39, 0.29) is 42.4 Å². The van der Waals surface area contributed by atoms with Crippen LogP contribution in [0.25, 0.3) is 0 Å². The number of carbonyl (C=O) groups excluding carboxylic acids is 2. The smallest absolute Gasteiger partial charge is 0.320 e. The van der Waals surface area contributed by atoms with Crippen LogP contribution in [0.15, 0.2) is 30.3 Å². The monoisotopic (exact) mass is 572 g/mol. The third-order valence-corrected chi connectivity index (χ3v) is 10.5. The lowest BCUT2D eigenvalue weighted by molar-refractivity contribution is -0.151. The van der Waals surface area contributed by atoms with Gasteiger partial charge < -0.3 is 19.9 Å². The fourth-order valence-corrected chi connectivity index (χ4v) is 8.53. The molecule has 3 amide bonds. The van der Waals surface area contributed by atoms with Gasteiger partial charge in [-0.05, 0) is 70.3 Å². The molecule has 226 valence electrons. The summed E-state index contributed by atoms with van der Waals surface area (Å²) in [5, 5.41) is 3.12. The van der Waals surface area contributed by atoms with Crippen LogP contribution in [-0.2, 0) is 9.53 Å². The van der Waals surface area contributed by atoms with E-state index in [0.717, 1.165) is 83.4 Å². The molecule has 1 N–H and O–H groups in total. The van der Waals surface area contributed by atoms with Crippen molar-refractivity contribution in [2.24, 2.45) is 11.8 Å². The average Bonchev–Trinajstić information content (AvgIpc) is 3.34. The van der Waals surface area contributed by atoms with Crippen molar-refractivity contribution in [2.45, 2.75) is 107 Å². The molecule has 1 aliphatic carbocycles. The molecule has 41 heavy (non-hydrogen) atoms. The molecule has 1 saturated carbocycles. The van der Waals surface area contributed by atoms with Crippen LogP contribution in [0.4, 0.5) is 13.6 Å². The molecule has 5 fully saturated rings. The zero-order chi connectivity index (χ0) is 28.8. The third-order valence-electron chi connectivity index (χ3n) is 10.5. The summed E-state index contributed by atoms with van der Waals surface area (Å²) in [7, 11) is 0. The number of piperidine rings is 1. The molecule has 4 aliphatic heterocycles. The third kappa shape index (κ3) is 5.85. The molecule has 0 radical (unpaired) electrons. The van der Waals surface area contributed by atoms with Gasteiger partial charge in [-0.3, -0.25) is 9.69 Å². The Kier molecular flexibility index (Phi) is 8.05. The predicted octanol–water partition coefficient (Wildman–Crippen LogP) is 5.22. The normalized spacial score (nSPS) is 31.2. The molecule has 1 aromatic rings. The number of carbonyl (C=O) groups is 2. The largest absolute Gasteiger partial charge is 0.381 e. The minimum absolute atomic E-state index is 0.124. The van der Waals surface area contributed by atoms with Crippen LogP contribution in [0, 0.1) is 11.8 Å².